The summed E-state index contributed by atoms with van der Waals surface area (Å²) in [7, 11) is 0. The van der Waals surface area contributed by atoms with Gasteiger partial charge in [0.25, 0.3) is 0 Å². The van der Waals surface area contributed by atoms with Crippen LogP contribution in [0, 0.1) is 0 Å². The van der Waals surface area contributed by atoms with E-state index in [0.29, 0.717) is 0 Å². The highest BCUT2D eigenvalue weighted by Gasteiger charge is 2.54. The van der Waals surface area contributed by atoms with Crippen LogP contribution >= 0.6 is 0 Å². The molecule has 20 atom stereocenters. The summed E-state index contributed by atoms with van der Waals surface area (Å²) in [6.45, 7) is -2.14. The largest absolute Gasteiger partial charge is 0.394 e. The topological polar surface area (TPSA) is 357 Å². The number of aliphatic hydroxyl groups is 13. The van der Waals surface area contributed by atoms with E-state index in [1.165, 1.54) is 0 Å². The number of aliphatic hydroxyl groups excluding tert-OH is 13. The number of rotatable bonds is 11. The molecule has 22 heteroatoms. The Morgan fingerprint density at radius 2 is 0.979 bits per heavy atom. The zero-order valence-corrected chi connectivity index (χ0v) is 25.5. The second-order valence-electron chi connectivity index (χ2n) is 11.9. The molecular formula is C26H45NO21. The molecule has 280 valence electrons. The van der Waals surface area contributed by atoms with Crippen LogP contribution in [0.1, 0.15) is 6.92 Å². The molecule has 1 amide bonds. The fourth-order valence-electron chi connectivity index (χ4n) is 5.83. The van der Waals surface area contributed by atoms with Gasteiger partial charge in [0.05, 0.1) is 26.4 Å². The maximum Gasteiger partial charge on any atom is 0.217 e. The third-order valence-corrected chi connectivity index (χ3v) is 8.59. The van der Waals surface area contributed by atoms with E-state index >= 15 is 0 Å². The molecule has 0 unspecified atom stereocenters. The van der Waals surface area contributed by atoms with Crippen molar-refractivity contribution in [3.8, 4) is 0 Å². The highest BCUT2D eigenvalue weighted by atomic mass is 16.8. The van der Waals surface area contributed by atoms with Crippen LogP contribution in [-0.4, -0.2) is 221 Å². The Morgan fingerprint density at radius 3 is 1.52 bits per heavy atom. The van der Waals surface area contributed by atoms with E-state index < -0.39 is 155 Å². The van der Waals surface area contributed by atoms with Crippen molar-refractivity contribution in [2.24, 2.45) is 0 Å². The molecule has 0 aromatic rings. The molecule has 4 fully saturated rings. The van der Waals surface area contributed by atoms with Gasteiger partial charge >= 0.3 is 0 Å². The summed E-state index contributed by atoms with van der Waals surface area (Å²) >= 11 is 0. The van der Waals surface area contributed by atoms with Crippen LogP contribution < -0.4 is 5.32 Å². The van der Waals surface area contributed by atoms with Crippen molar-refractivity contribution in [2.45, 2.75) is 130 Å². The zero-order chi connectivity index (χ0) is 35.6. The van der Waals surface area contributed by atoms with Crippen LogP contribution in [-0.2, 0) is 38.0 Å². The summed E-state index contributed by atoms with van der Waals surface area (Å²) in [5.41, 5.74) is 0. The Hall–Kier alpha value is -1.33. The molecule has 0 aliphatic carbocycles. The molecule has 4 saturated heterocycles. The highest BCUT2D eigenvalue weighted by molar-refractivity contribution is 5.73. The molecule has 4 aliphatic rings. The Bertz CT molecular complexity index is 1030. The van der Waals surface area contributed by atoms with E-state index in [-0.39, 0.29) is 0 Å². The van der Waals surface area contributed by atoms with Crippen LogP contribution in [0.15, 0.2) is 0 Å². The van der Waals surface area contributed by atoms with Crippen LogP contribution in [0.3, 0.4) is 0 Å². The average molecular weight is 708 g/mol. The van der Waals surface area contributed by atoms with Gasteiger partial charge in [-0.3, -0.25) is 4.79 Å². The third-order valence-electron chi connectivity index (χ3n) is 8.59. The molecular weight excluding hydrogens is 662 g/mol. The van der Waals surface area contributed by atoms with Gasteiger partial charge in [0.1, 0.15) is 97.6 Å². The normalized spacial score (nSPS) is 50.2. The predicted octanol–water partition coefficient (Wildman–Crippen LogP) is -9.61. The van der Waals surface area contributed by atoms with Crippen molar-refractivity contribution in [1.82, 2.24) is 5.32 Å². The lowest BCUT2D eigenvalue weighted by molar-refractivity contribution is -0.378. The van der Waals surface area contributed by atoms with Crippen molar-refractivity contribution in [3.63, 3.8) is 0 Å². The summed E-state index contributed by atoms with van der Waals surface area (Å²) in [5.74, 6) is -0.707. The van der Waals surface area contributed by atoms with Crippen molar-refractivity contribution < 1.29 is 104 Å². The molecule has 0 aromatic heterocycles. The number of ether oxygens (including phenoxy) is 7. The van der Waals surface area contributed by atoms with Crippen molar-refractivity contribution >= 4 is 5.91 Å². The second-order valence-corrected chi connectivity index (χ2v) is 11.9. The number of carbonyl (C=O) groups is 1. The average Bonchev–Trinajstić information content (AvgIpc) is 3.05. The SMILES string of the molecule is CC(=O)N[C@@H]1[C@@H](O[C@@H]2O[C@H](CO[C@H]3O[C@H](CO)[C@H](O)[C@H](O)[C@H]3O)[C@@H](O)[C@H](O[C@@H]3O[C@H](CO)[C@H](O)[C@H](O)[C@H]3O)[C@H]2O)[C@H](O)[C@@H](CO)O[C@H]1O. The lowest BCUT2D eigenvalue weighted by Crippen LogP contribution is -2.68. The molecule has 4 heterocycles. The number of carbonyl (C=O) groups excluding carboxylic acids is 1. The molecule has 0 bridgehead atoms. The lowest BCUT2D eigenvalue weighted by Gasteiger charge is -2.49. The minimum Gasteiger partial charge on any atom is -0.394 e. The quantitative estimate of drug-likeness (QED) is 0.0947. The predicted molar refractivity (Wildman–Crippen MR) is 145 cm³/mol. The van der Waals surface area contributed by atoms with E-state index in [4.69, 9.17) is 33.2 Å². The highest BCUT2D eigenvalue weighted by Crippen LogP contribution is 2.33. The summed E-state index contributed by atoms with van der Waals surface area (Å²) in [6, 6.07) is -1.52. The van der Waals surface area contributed by atoms with Gasteiger partial charge in [0.2, 0.25) is 5.91 Å². The molecule has 0 aromatic carbocycles. The van der Waals surface area contributed by atoms with Gasteiger partial charge in [-0.25, -0.2) is 0 Å². The van der Waals surface area contributed by atoms with Gasteiger partial charge in [-0.05, 0) is 0 Å². The second kappa shape index (κ2) is 16.8. The number of amides is 1. The molecule has 0 saturated carbocycles. The first-order valence-electron chi connectivity index (χ1n) is 15.1. The molecule has 0 spiro atoms. The molecule has 48 heavy (non-hydrogen) atoms. The lowest BCUT2D eigenvalue weighted by atomic mass is 9.95. The molecule has 22 nitrogen and oxygen atoms in total. The summed E-state index contributed by atoms with van der Waals surface area (Å²) < 4.78 is 38.4. The first-order valence-corrected chi connectivity index (χ1v) is 15.1. The van der Waals surface area contributed by atoms with E-state index in [1.54, 1.807) is 0 Å². The van der Waals surface area contributed by atoms with Crippen molar-refractivity contribution in [3.05, 3.63) is 0 Å². The molecule has 4 aliphatic heterocycles. The molecule has 4 rings (SSSR count). The van der Waals surface area contributed by atoms with E-state index in [1.807, 2.05) is 0 Å². The van der Waals surface area contributed by atoms with Gasteiger partial charge in [0.15, 0.2) is 25.2 Å². The maximum atomic E-state index is 11.9. The standard InChI is InChI=1S/C26H45NO21/c1-6(31)27-11-21(14(34)9(4-30)43-23(11)41)47-26-20(40)22(48-25-19(39)17(37)13(33)8(3-29)45-25)15(35)10(46-26)5-42-24-18(38)16(36)12(32)7(2-28)44-24/h7-26,28-30,32-41H,2-5H2,1H3,(H,27,31)/t7-,8-,9-,10-,11-,12+,13+,14-,15-,16+,17+,18-,19-,20-,21-,22+,23-,24+,25+,26+/m1/s1. The van der Waals surface area contributed by atoms with Crippen molar-refractivity contribution in [1.29, 1.82) is 0 Å². The fraction of sp³-hybridized carbons (Fsp3) is 0.962. The summed E-state index contributed by atoms with van der Waals surface area (Å²) in [5, 5.41) is 136. The van der Waals surface area contributed by atoms with Gasteiger partial charge in [-0.1, -0.05) is 0 Å². The van der Waals surface area contributed by atoms with Crippen LogP contribution in [0.5, 0.6) is 0 Å². The first kappa shape index (κ1) is 39.5. The fourth-order valence-corrected chi connectivity index (χ4v) is 5.83. The van der Waals surface area contributed by atoms with E-state index in [9.17, 15) is 71.2 Å². The molecule has 14 N–H and O–H groups in total. The Balaban J connectivity index is 1.61. The maximum absolute atomic E-state index is 11.9. The minimum atomic E-state index is -2.08. The van der Waals surface area contributed by atoms with E-state index in [0.717, 1.165) is 6.92 Å². The van der Waals surface area contributed by atoms with Gasteiger partial charge in [-0.15, -0.1) is 0 Å². The third kappa shape index (κ3) is 8.24. The Labute approximate surface area is 272 Å². The number of hydrogen-bond donors (Lipinski definition) is 14. The van der Waals surface area contributed by atoms with Gasteiger partial charge < -0.3 is 105 Å². The van der Waals surface area contributed by atoms with Crippen LogP contribution in [0.4, 0.5) is 0 Å². The zero-order valence-electron chi connectivity index (χ0n) is 25.5. The first-order chi connectivity index (χ1) is 22.6. The van der Waals surface area contributed by atoms with E-state index in [2.05, 4.69) is 5.32 Å². The van der Waals surface area contributed by atoms with Crippen LogP contribution in [0.2, 0.25) is 0 Å². The summed E-state index contributed by atoms with van der Waals surface area (Å²) in [6.07, 6.45) is -33.8. The Morgan fingerprint density at radius 1 is 0.542 bits per heavy atom. The monoisotopic (exact) mass is 707 g/mol. The van der Waals surface area contributed by atoms with Crippen molar-refractivity contribution in [2.75, 3.05) is 26.4 Å². The summed E-state index contributed by atoms with van der Waals surface area (Å²) in [4.78, 5) is 11.9. The minimum absolute atomic E-state index is 0.707. The van der Waals surface area contributed by atoms with Gasteiger partial charge in [-0.2, -0.15) is 0 Å². The van der Waals surface area contributed by atoms with Gasteiger partial charge in [0, 0.05) is 6.92 Å². The smallest absolute Gasteiger partial charge is 0.217 e. The number of nitrogens with one attached hydrogen (secondary N) is 1. The molecule has 0 radical (unpaired) electrons. The Kier molecular flexibility index (Phi) is 13.8. The van der Waals surface area contributed by atoms with Crippen LogP contribution in [0.25, 0.3) is 0 Å². The number of hydrogen-bond acceptors (Lipinski definition) is 21.